The Balaban J connectivity index is 2.48. The van der Waals surface area contributed by atoms with Gasteiger partial charge in [0.25, 0.3) is 0 Å². The van der Waals surface area contributed by atoms with Gasteiger partial charge in [0.05, 0.1) is 0 Å². The molecule has 0 aliphatic carbocycles. The van der Waals surface area contributed by atoms with Gasteiger partial charge in [-0.05, 0) is 6.42 Å². The zero-order valence-electron chi connectivity index (χ0n) is 7.53. The lowest BCUT2D eigenvalue weighted by atomic mass is 10.6. The van der Waals surface area contributed by atoms with Crippen LogP contribution in [0.5, 0.6) is 0 Å². The lowest BCUT2D eigenvalue weighted by molar-refractivity contribution is -0.114. The van der Waals surface area contributed by atoms with Crippen LogP contribution in [0.2, 0.25) is 0 Å². The fraction of sp³-hybridized carbons (Fsp3) is 0.571. The van der Waals surface area contributed by atoms with E-state index in [0.29, 0.717) is 5.13 Å². The zero-order chi connectivity index (χ0) is 9.68. The SMILES string of the molecule is CCCSc1nsc(NC(C)=O)n1. The molecule has 72 valence electrons. The molecule has 1 N–H and O–H groups in total. The Morgan fingerprint density at radius 2 is 2.46 bits per heavy atom. The first-order chi connectivity index (χ1) is 6.22. The molecule has 0 fully saturated rings. The van der Waals surface area contributed by atoms with Gasteiger partial charge in [-0.3, -0.25) is 4.79 Å². The first-order valence-electron chi connectivity index (χ1n) is 3.96. The highest BCUT2D eigenvalue weighted by Gasteiger charge is 2.04. The largest absolute Gasteiger partial charge is 0.301 e. The fourth-order valence-electron chi connectivity index (χ4n) is 0.663. The second-order valence-corrected chi connectivity index (χ2v) is 4.23. The van der Waals surface area contributed by atoms with E-state index in [-0.39, 0.29) is 5.91 Å². The third-order valence-corrected chi connectivity index (χ3v) is 2.92. The summed E-state index contributed by atoms with van der Waals surface area (Å²) in [5.41, 5.74) is 0. The van der Waals surface area contributed by atoms with Crippen LogP contribution in [0.1, 0.15) is 20.3 Å². The third kappa shape index (κ3) is 3.73. The van der Waals surface area contributed by atoms with Gasteiger partial charge in [-0.15, -0.1) is 0 Å². The summed E-state index contributed by atoms with van der Waals surface area (Å²) >= 11 is 2.82. The summed E-state index contributed by atoms with van der Waals surface area (Å²) in [7, 11) is 0. The van der Waals surface area contributed by atoms with Crippen molar-refractivity contribution in [3.63, 3.8) is 0 Å². The fourth-order valence-corrected chi connectivity index (χ4v) is 2.11. The molecule has 4 nitrogen and oxygen atoms in total. The van der Waals surface area contributed by atoms with Crippen LogP contribution >= 0.6 is 23.3 Å². The average Bonchev–Trinajstić information content (AvgIpc) is 2.48. The summed E-state index contributed by atoms with van der Waals surface area (Å²) in [6.45, 7) is 3.56. The zero-order valence-corrected chi connectivity index (χ0v) is 9.17. The van der Waals surface area contributed by atoms with Gasteiger partial charge >= 0.3 is 0 Å². The van der Waals surface area contributed by atoms with Gasteiger partial charge in [0.2, 0.25) is 16.2 Å². The summed E-state index contributed by atoms with van der Waals surface area (Å²) in [5.74, 6) is 0.902. The van der Waals surface area contributed by atoms with Gasteiger partial charge in [0.15, 0.2) is 0 Å². The van der Waals surface area contributed by atoms with E-state index in [2.05, 4.69) is 21.6 Å². The number of hydrogen-bond acceptors (Lipinski definition) is 5. The Labute approximate surface area is 85.3 Å². The van der Waals surface area contributed by atoms with E-state index in [1.54, 1.807) is 11.8 Å². The minimum absolute atomic E-state index is 0.108. The standard InChI is InChI=1S/C7H11N3OS2/c1-3-4-12-7-9-6(13-10-7)8-5(2)11/h3-4H2,1-2H3,(H,8,9,10,11). The van der Waals surface area contributed by atoms with Crippen LogP contribution in [0.3, 0.4) is 0 Å². The number of carbonyl (C=O) groups excluding carboxylic acids is 1. The molecule has 0 atom stereocenters. The molecule has 0 aromatic carbocycles. The smallest absolute Gasteiger partial charge is 0.223 e. The van der Waals surface area contributed by atoms with Crippen molar-refractivity contribution in [3.8, 4) is 0 Å². The first-order valence-corrected chi connectivity index (χ1v) is 5.72. The van der Waals surface area contributed by atoms with Crippen LogP contribution in [0.4, 0.5) is 5.13 Å². The number of nitrogens with one attached hydrogen (secondary N) is 1. The van der Waals surface area contributed by atoms with Crippen molar-refractivity contribution in [2.45, 2.75) is 25.4 Å². The van der Waals surface area contributed by atoms with Gasteiger partial charge in [-0.25, -0.2) is 0 Å². The summed E-state index contributed by atoms with van der Waals surface area (Å²) in [6.07, 6.45) is 1.10. The molecule has 0 saturated heterocycles. The van der Waals surface area contributed by atoms with Gasteiger partial charge in [0, 0.05) is 24.2 Å². The summed E-state index contributed by atoms with van der Waals surface area (Å²) in [5, 5.41) is 3.92. The Morgan fingerprint density at radius 3 is 3.08 bits per heavy atom. The van der Waals surface area contributed by atoms with Crippen LogP contribution < -0.4 is 5.32 Å². The number of carbonyl (C=O) groups is 1. The summed E-state index contributed by atoms with van der Waals surface area (Å²) in [4.78, 5) is 14.8. The van der Waals surface area contributed by atoms with Gasteiger partial charge in [0.1, 0.15) is 0 Å². The van der Waals surface area contributed by atoms with Crippen LogP contribution in [-0.4, -0.2) is 21.0 Å². The van der Waals surface area contributed by atoms with Gasteiger partial charge in [-0.2, -0.15) is 9.36 Å². The number of nitrogens with zero attached hydrogens (tertiary/aromatic N) is 2. The van der Waals surface area contributed by atoms with Crippen LogP contribution in [0, 0.1) is 0 Å². The molecule has 0 spiro atoms. The molecule has 0 aliphatic heterocycles. The van der Waals surface area contributed by atoms with E-state index in [1.807, 2.05) is 0 Å². The normalized spacial score (nSPS) is 10.0. The number of hydrogen-bond donors (Lipinski definition) is 1. The maximum atomic E-state index is 10.7. The predicted molar refractivity (Wildman–Crippen MR) is 55.2 cm³/mol. The molecule has 0 radical (unpaired) electrons. The lowest BCUT2D eigenvalue weighted by Gasteiger charge is -1.92. The molecular weight excluding hydrogens is 206 g/mol. The minimum Gasteiger partial charge on any atom is -0.301 e. The maximum absolute atomic E-state index is 10.7. The van der Waals surface area contributed by atoms with E-state index in [1.165, 1.54) is 18.5 Å². The number of rotatable bonds is 4. The predicted octanol–water partition coefficient (Wildman–Crippen LogP) is 2.00. The highest BCUT2D eigenvalue weighted by Crippen LogP contribution is 2.20. The van der Waals surface area contributed by atoms with Crippen LogP contribution in [-0.2, 0) is 4.79 Å². The Hall–Kier alpha value is -0.620. The van der Waals surface area contributed by atoms with Crippen molar-refractivity contribution in [2.24, 2.45) is 0 Å². The summed E-state index contributed by atoms with van der Waals surface area (Å²) < 4.78 is 4.09. The van der Waals surface area contributed by atoms with Crippen molar-refractivity contribution in [1.29, 1.82) is 0 Å². The van der Waals surface area contributed by atoms with Gasteiger partial charge < -0.3 is 5.32 Å². The summed E-state index contributed by atoms with van der Waals surface area (Å²) in [6, 6.07) is 0. The number of anilines is 1. The highest BCUT2D eigenvalue weighted by atomic mass is 32.2. The molecule has 13 heavy (non-hydrogen) atoms. The molecule has 1 aromatic heterocycles. The van der Waals surface area contributed by atoms with E-state index >= 15 is 0 Å². The number of aromatic nitrogens is 2. The molecule has 1 rings (SSSR count). The second-order valence-electron chi connectivity index (χ2n) is 2.41. The van der Waals surface area contributed by atoms with Crippen molar-refractivity contribution in [1.82, 2.24) is 9.36 Å². The third-order valence-electron chi connectivity index (χ3n) is 1.13. The monoisotopic (exact) mass is 217 g/mol. The molecule has 1 amide bonds. The quantitative estimate of drug-likeness (QED) is 0.784. The number of amides is 1. The van der Waals surface area contributed by atoms with Crippen molar-refractivity contribution < 1.29 is 4.79 Å². The molecule has 6 heteroatoms. The number of thioether (sulfide) groups is 1. The van der Waals surface area contributed by atoms with E-state index < -0.39 is 0 Å². The second kappa shape index (κ2) is 5.18. The van der Waals surface area contributed by atoms with E-state index in [0.717, 1.165) is 17.3 Å². The molecular formula is C7H11N3OS2. The average molecular weight is 217 g/mol. The topological polar surface area (TPSA) is 54.9 Å². The van der Waals surface area contributed by atoms with E-state index in [4.69, 9.17) is 0 Å². The van der Waals surface area contributed by atoms with Crippen LogP contribution in [0.15, 0.2) is 5.16 Å². The first kappa shape index (κ1) is 10.5. The molecule has 0 saturated carbocycles. The van der Waals surface area contributed by atoms with Crippen molar-refractivity contribution in [3.05, 3.63) is 0 Å². The highest BCUT2D eigenvalue weighted by molar-refractivity contribution is 7.99. The van der Waals surface area contributed by atoms with Gasteiger partial charge in [-0.1, -0.05) is 18.7 Å². The van der Waals surface area contributed by atoms with Crippen LogP contribution in [0.25, 0.3) is 0 Å². The minimum atomic E-state index is -0.108. The lowest BCUT2D eigenvalue weighted by Crippen LogP contribution is -2.04. The molecule has 1 heterocycles. The molecule has 1 aromatic rings. The van der Waals surface area contributed by atoms with Crippen molar-refractivity contribution in [2.75, 3.05) is 11.1 Å². The Morgan fingerprint density at radius 1 is 1.69 bits per heavy atom. The molecule has 0 aliphatic rings. The molecule has 0 unspecified atom stereocenters. The Kier molecular flexibility index (Phi) is 4.17. The van der Waals surface area contributed by atoms with Crippen molar-refractivity contribution >= 4 is 34.3 Å². The maximum Gasteiger partial charge on any atom is 0.223 e. The van der Waals surface area contributed by atoms with E-state index in [9.17, 15) is 4.79 Å². The Bertz CT molecular complexity index is 287. The molecule has 0 bridgehead atoms.